The van der Waals surface area contributed by atoms with Crippen LogP contribution in [-0.4, -0.2) is 23.1 Å². The summed E-state index contributed by atoms with van der Waals surface area (Å²) in [5, 5.41) is 4.60. The summed E-state index contributed by atoms with van der Waals surface area (Å²) in [6.45, 7) is 4.28. The molecule has 1 aromatic heterocycles. The molecule has 23 heavy (non-hydrogen) atoms. The van der Waals surface area contributed by atoms with Gasteiger partial charge in [0, 0.05) is 19.3 Å². The van der Waals surface area contributed by atoms with Gasteiger partial charge in [-0.2, -0.15) is 0 Å². The molecule has 0 amide bonds. The second kappa shape index (κ2) is 7.47. The number of benzene rings is 1. The molecule has 1 aromatic carbocycles. The number of aryl methyl sites for hydroxylation is 1. The van der Waals surface area contributed by atoms with Crippen molar-refractivity contribution in [2.75, 3.05) is 23.8 Å². The van der Waals surface area contributed by atoms with Gasteiger partial charge in [-0.25, -0.2) is 9.99 Å². The van der Waals surface area contributed by atoms with Crippen molar-refractivity contribution in [1.82, 2.24) is 9.99 Å². The molecule has 0 aliphatic carbocycles. The van der Waals surface area contributed by atoms with Gasteiger partial charge in [0.1, 0.15) is 0 Å². The summed E-state index contributed by atoms with van der Waals surface area (Å²) in [5.74, 6) is 0.865. The monoisotopic (exact) mass is 310 g/mol. The quantitative estimate of drug-likeness (QED) is 0.901. The SMILES string of the molecule is CCCc1ccnc(N(c2ccccc2)N2CCCCC2)c1N. The summed E-state index contributed by atoms with van der Waals surface area (Å²) < 4.78 is 0. The number of pyridine rings is 1. The van der Waals surface area contributed by atoms with E-state index in [1.165, 1.54) is 24.8 Å². The molecule has 1 aliphatic rings. The van der Waals surface area contributed by atoms with E-state index in [9.17, 15) is 0 Å². The minimum absolute atomic E-state index is 0.809. The lowest BCUT2D eigenvalue weighted by Crippen LogP contribution is -2.43. The first-order chi connectivity index (χ1) is 11.3. The number of para-hydroxylation sites is 1. The van der Waals surface area contributed by atoms with Crippen LogP contribution in [0.25, 0.3) is 0 Å². The number of aromatic nitrogens is 1. The van der Waals surface area contributed by atoms with E-state index in [-0.39, 0.29) is 0 Å². The second-order valence-corrected chi connectivity index (χ2v) is 6.12. The minimum Gasteiger partial charge on any atom is -0.395 e. The number of nitrogens with zero attached hydrogens (tertiary/aromatic N) is 3. The average Bonchev–Trinajstić information content (AvgIpc) is 2.60. The summed E-state index contributed by atoms with van der Waals surface area (Å²) >= 11 is 0. The maximum absolute atomic E-state index is 6.48. The van der Waals surface area contributed by atoms with Crippen LogP contribution in [0.5, 0.6) is 0 Å². The highest BCUT2D eigenvalue weighted by molar-refractivity contribution is 5.72. The Hall–Kier alpha value is -2.07. The van der Waals surface area contributed by atoms with Crippen LogP contribution >= 0.6 is 0 Å². The maximum atomic E-state index is 6.48. The molecule has 1 fully saturated rings. The molecule has 1 saturated heterocycles. The van der Waals surface area contributed by atoms with Crippen molar-refractivity contribution in [3.8, 4) is 0 Å². The van der Waals surface area contributed by atoms with Gasteiger partial charge in [0.15, 0.2) is 5.82 Å². The molecule has 2 aromatic rings. The average molecular weight is 310 g/mol. The van der Waals surface area contributed by atoms with Crippen molar-refractivity contribution >= 4 is 17.2 Å². The molecule has 2 N–H and O–H groups in total. The fourth-order valence-corrected chi connectivity index (χ4v) is 3.22. The number of nitrogens with two attached hydrogens (primary N) is 1. The van der Waals surface area contributed by atoms with Crippen molar-refractivity contribution in [3.05, 3.63) is 48.2 Å². The zero-order valence-electron chi connectivity index (χ0n) is 13.9. The van der Waals surface area contributed by atoms with Crippen LogP contribution in [0.15, 0.2) is 42.6 Å². The molecule has 0 radical (unpaired) electrons. The van der Waals surface area contributed by atoms with Gasteiger partial charge in [0.05, 0.1) is 11.4 Å². The fraction of sp³-hybridized carbons (Fsp3) is 0.421. The van der Waals surface area contributed by atoms with Crippen molar-refractivity contribution in [3.63, 3.8) is 0 Å². The Bertz CT molecular complexity index is 621. The molecule has 0 spiro atoms. The summed E-state index contributed by atoms with van der Waals surface area (Å²) in [6.07, 6.45) is 7.71. The zero-order chi connectivity index (χ0) is 16.1. The molecular weight excluding hydrogens is 284 g/mol. The molecule has 0 unspecified atom stereocenters. The van der Waals surface area contributed by atoms with Gasteiger partial charge >= 0.3 is 0 Å². The van der Waals surface area contributed by atoms with Gasteiger partial charge in [0.2, 0.25) is 0 Å². The van der Waals surface area contributed by atoms with Gasteiger partial charge in [-0.1, -0.05) is 38.0 Å². The number of anilines is 3. The third kappa shape index (κ3) is 3.48. The lowest BCUT2D eigenvalue weighted by Gasteiger charge is -2.38. The summed E-state index contributed by atoms with van der Waals surface area (Å²) in [6, 6.07) is 12.5. The molecule has 1 aliphatic heterocycles. The Kier molecular flexibility index (Phi) is 5.13. The lowest BCUT2D eigenvalue weighted by molar-refractivity contribution is 0.230. The van der Waals surface area contributed by atoms with Crippen molar-refractivity contribution < 1.29 is 0 Å². The van der Waals surface area contributed by atoms with Crippen LogP contribution in [0.4, 0.5) is 17.2 Å². The third-order valence-corrected chi connectivity index (χ3v) is 4.40. The van der Waals surface area contributed by atoms with Crippen LogP contribution in [-0.2, 0) is 6.42 Å². The van der Waals surface area contributed by atoms with Crippen LogP contribution in [0.2, 0.25) is 0 Å². The first-order valence-electron chi connectivity index (χ1n) is 8.64. The highest BCUT2D eigenvalue weighted by Crippen LogP contribution is 2.33. The normalized spacial score (nSPS) is 15.5. The number of hydrogen-bond donors (Lipinski definition) is 1. The molecule has 2 heterocycles. The van der Waals surface area contributed by atoms with Crippen LogP contribution < -0.4 is 10.7 Å². The smallest absolute Gasteiger partial charge is 0.171 e. The molecular formula is C19H26N4. The highest BCUT2D eigenvalue weighted by atomic mass is 15.6. The number of nitrogen functional groups attached to an aromatic ring is 1. The van der Waals surface area contributed by atoms with Crippen molar-refractivity contribution in [1.29, 1.82) is 0 Å². The Balaban J connectivity index is 2.03. The Morgan fingerprint density at radius 1 is 1.09 bits per heavy atom. The number of piperidine rings is 1. The third-order valence-electron chi connectivity index (χ3n) is 4.40. The van der Waals surface area contributed by atoms with E-state index in [1.807, 2.05) is 18.3 Å². The Morgan fingerprint density at radius 2 is 1.83 bits per heavy atom. The molecule has 4 heteroatoms. The molecule has 122 valence electrons. The number of hydrazine groups is 1. The predicted octanol–water partition coefficient (Wildman–Crippen LogP) is 4.16. The van der Waals surface area contributed by atoms with Crippen molar-refractivity contribution in [2.24, 2.45) is 0 Å². The van der Waals surface area contributed by atoms with E-state index >= 15 is 0 Å². The minimum atomic E-state index is 0.809. The number of rotatable bonds is 5. The molecule has 4 nitrogen and oxygen atoms in total. The molecule has 0 bridgehead atoms. The van der Waals surface area contributed by atoms with Crippen molar-refractivity contribution in [2.45, 2.75) is 39.0 Å². The Labute approximate surface area is 138 Å². The second-order valence-electron chi connectivity index (χ2n) is 6.12. The summed E-state index contributed by atoms with van der Waals surface area (Å²) in [5.41, 5.74) is 9.61. The fourth-order valence-electron chi connectivity index (χ4n) is 3.22. The van der Waals surface area contributed by atoms with Gasteiger partial charge in [-0.3, -0.25) is 5.01 Å². The predicted molar refractivity (Wildman–Crippen MR) is 96.6 cm³/mol. The summed E-state index contributed by atoms with van der Waals surface area (Å²) in [4.78, 5) is 4.63. The first-order valence-corrected chi connectivity index (χ1v) is 8.64. The van der Waals surface area contributed by atoms with Crippen LogP contribution in [0.1, 0.15) is 38.2 Å². The van der Waals surface area contributed by atoms with E-state index in [2.05, 4.69) is 46.2 Å². The van der Waals surface area contributed by atoms with Crippen LogP contribution in [0.3, 0.4) is 0 Å². The standard InChI is InChI=1S/C19H26N4/c1-2-9-16-12-13-21-19(18(16)20)23(17-10-5-3-6-11-17)22-14-7-4-8-15-22/h3,5-6,10-13H,2,4,7-9,14-15,20H2,1H3. The lowest BCUT2D eigenvalue weighted by atomic mass is 10.1. The largest absolute Gasteiger partial charge is 0.395 e. The van der Waals surface area contributed by atoms with Gasteiger partial charge in [-0.05, 0) is 43.0 Å². The van der Waals surface area contributed by atoms with E-state index in [0.29, 0.717) is 0 Å². The first kappa shape index (κ1) is 15.8. The van der Waals surface area contributed by atoms with E-state index < -0.39 is 0 Å². The van der Waals surface area contributed by atoms with Gasteiger partial charge in [0.25, 0.3) is 0 Å². The van der Waals surface area contributed by atoms with E-state index in [4.69, 9.17) is 5.73 Å². The topological polar surface area (TPSA) is 45.4 Å². The van der Waals surface area contributed by atoms with Gasteiger partial charge in [-0.15, -0.1) is 0 Å². The molecule has 3 rings (SSSR count). The highest BCUT2D eigenvalue weighted by Gasteiger charge is 2.23. The Morgan fingerprint density at radius 3 is 2.52 bits per heavy atom. The van der Waals surface area contributed by atoms with E-state index in [0.717, 1.165) is 43.1 Å². The zero-order valence-corrected chi connectivity index (χ0v) is 13.9. The van der Waals surface area contributed by atoms with Crippen LogP contribution in [0, 0.1) is 0 Å². The summed E-state index contributed by atoms with van der Waals surface area (Å²) in [7, 11) is 0. The van der Waals surface area contributed by atoms with Gasteiger partial charge < -0.3 is 5.73 Å². The molecule has 0 saturated carbocycles. The molecule has 0 atom stereocenters. The number of hydrogen-bond acceptors (Lipinski definition) is 4. The maximum Gasteiger partial charge on any atom is 0.171 e. The van der Waals surface area contributed by atoms with E-state index in [1.54, 1.807) is 0 Å².